The maximum Gasteiger partial charge on any atom is 0.180 e. The van der Waals surface area contributed by atoms with Crippen LogP contribution in [0.15, 0.2) is 36.7 Å². The molecule has 1 heterocycles. The van der Waals surface area contributed by atoms with Crippen molar-refractivity contribution in [3.63, 3.8) is 0 Å². The molecule has 0 saturated carbocycles. The Morgan fingerprint density at radius 2 is 1.63 bits per heavy atom. The van der Waals surface area contributed by atoms with Crippen LogP contribution in [0.25, 0.3) is 11.1 Å². The number of pyridine rings is 1. The topological polar surface area (TPSA) is 45.4 Å². The van der Waals surface area contributed by atoms with Crippen molar-refractivity contribution in [1.29, 1.82) is 0 Å². The molecule has 0 bridgehead atoms. The summed E-state index contributed by atoms with van der Waals surface area (Å²) in [6.45, 7) is 4.52. The van der Waals surface area contributed by atoms with Gasteiger partial charge in [0.15, 0.2) is 12.4 Å². The van der Waals surface area contributed by atoms with E-state index in [1.165, 1.54) is 19.5 Å². The molecule has 2 aromatic rings. The second kappa shape index (κ2) is 5.82. The van der Waals surface area contributed by atoms with Gasteiger partial charge in [0.05, 0.1) is 7.11 Å². The molecule has 19 heavy (non-hydrogen) atoms. The second-order valence-corrected chi connectivity index (χ2v) is 4.46. The van der Waals surface area contributed by atoms with Gasteiger partial charge in [-0.15, -0.1) is 0 Å². The highest BCUT2D eigenvalue weighted by Crippen LogP contribution is 2.25. The Bertz CT molecular complexity index is 541. The number of aryl methyl sites for hydroxylation is 2. The molecule has 4 heteroatoms. The molecule has 1 aromatic heterocycles. The highest BCUT2D eigenvalue weighted by molar-refractivity contribution is 5.65. The summed E-state index contributed by atoms with van der Waals surface area (Å²) in [6, 6.07) is 7.80. The minimum Gasteiger partial charge on any atom is -0.619 e. The van der Waals surface area contributed by atoms with Crippen LogP contribution in [0.5, 0.6) is 0 Å². The van der Waals surface area contributed by atoms with E-state index in [2.05, 4.69) is 17.0 Å². The normalized spacial score (nSPS) is 10.7. The average Bonchev–Trinajstić information content (AvgIpc) is 2.38. The Labute approximate surface area is 112 Å². The van der Waals surface area contributed by atoms with Gasteiger partial charge >= 0.3 is 0 Å². The fraction of sp³-hybridized carbons (Fsp3) is 0.267. The monoisotopic (exact) mass is 259 g/mol. The second-order valence-electron chi connectivity index (χ2n) is 4.46. The van der Waals surface area contributed by atoms with Crippen molar-refractivity contribution in [3.05, 3.63) is 58.6 Å². The van der Waals surface area contributed by atoms with Gasteiger partial charge in [-0.1, -0.05) is 12.1 Å². The number of nitrogens with zero attached hydrogens (tertiary/aromatic N) is 1. The van der Waals surface area contributed by atoms with Crippen LogP contribution in [-0.4, -0.2) is 7.11 Å². The van der Waals surface area contributed by atoms with Crippen LogP contribution in [0.4, 0.5) is 0 Å². The van der Waals surface area contributed by atoms with Gasteiger partial charge in [0.2, 0.25) is 0 Å². The molecule has 0 unspecified atom stereocenters. The highest BCUT2D eigenvalue weighted by atomic mass is 17.2. The molecule has 4 nitrogen and oxygen atoms in total. The van der Waals surface area contributed by atoms with Gasteiger partial charge in [-0.2, -0.15) is 4.73 Å². The third-order valence-electron chi connectivity index (χ3n) is 3.15. The third-order valence-corrected chi connectivity index (χ3v) is 3.15. The van der Waals surface area contributed by atoms with Crippen LogP contribution in [-0.2, 0) is 16.4 Å². The first-order chi connectivity index (χ1) is 9.11. The summed E-state index contributed by atoms with van der Waals surface area (Å²) in [7, 11) is 1.50. The first kappa shape index (κ1) is 13.5. The molecule has 2 rings (SSSR count). The first-order valence-corrected chi connectivity index (χ1v) is 6.06. The number of hydrogen-bond donors (Lipinski definition) is 0. The molecule has 0 N–H and O–H groups in total. The lowest BCUT2D eigenvalue weighted by molar-refractivity contribution is -0.605. The number of benzene rings is 1. The highest BCUT2D eigenvalue weighted by Gasteiger charge is 2.08. The van der Waals surface area contributed by atoms with Crippen molar-refractivity contribution >= 4 is 0 Å². The van der Waals surface area contributed by atoms with Gasteiger partial charge in [-0.25, -0.2) is 9.78 Å². The summed E-state index contributed by atoms with van der Waals surface area (Å²) in [5.74, 6) is 0. The molecule has 0 fully saturated rings. The van der Waals surface area contributed by atoms with E-state index >= 15 is 0 Å². The summed E-state index contributed by atoms with van der Waals surface area (Å²) < 4.78 is 0.782. The van der Waals surface area contributed by atoms with Crippen molar-refractivity contribution < 1.29 is 14.5 Å². The van der Waals surface area contributed by atoms with E-state index in [-0.39, 0.29) is 0 Å². The van der Waals surface area contributed by atoms with Crippen molar-refractivity contribution in [2.45, 2.75) is 20.5 Å². The summed E-state index contributed by atoms with van der Waals surface area (Å²) in [5.41, 5.74) is 5.53. The summed E-state index contributed by atoms with van der Waals surface area (Å²) >= 11 is 0. The third kappa shape index (κ3) is 3.10. The Balaban J connectivity index is 2.36. The van der Waals surface area contributed by atoms with Crippen molar-refractivity contribution in [1.82, 2.24) is 0 Å². The minimum atomic E-state index is 0.434. The smallest absolute Gasteiger partial charge is 0.180 e. The number of aromatic nitrogens is 1. The predicted molar refractivity (Wildman–Crippen MR) is 72.1 cm³/mol. The maximum atomic E-state index is 11.0. The maximum absolute atomic E-state index is 11.0. The zero-order valence-corrected chi connectivity index (χ0v) is 11.3. The predicted octanol–water partition coefficient (Wildman–Crippen LogP) is 2.68. The Morgan fingerprint density at radius 3 is 2.16 bits per heavy atom. The molecule has 0 atom stereocenters. The van der Waals surface area contributed by atoms with Gasteiger partial charge in [-0.3, -0.25) is 0 Å². The molecule has 0 saturated heterocycles. The Morgan fingerprint density at radius 1 is 1.05 bits per heavy atom. The van der Waals surface area contributed by atoms with E-state index in [4.69, 9.17) is 4.89 Å². The Kier molecular flexibility index (Phi) is 4.14. The molecule has 0 spiro atoms. The fourth-order valence-corrected chi connectivity index (χ4v) is 2.11. The quantitative estimate of drug-likeness (QED) is 0.367. The average molecular weight is 259 g/mol. The Hall–Kier alpha value is -1.91. The minimum absolute atomic E-state index is 0.434. The van der Waals surface area contributed by atoms with Crippen molar-refractivity contribution in [2.75, 3.05) is 7.11 Å². The van der Waals surface area contributed by atoms with Gasteiger partial charge in [0, 0.05) is 12.1 Å². The summed E-state index contributed by atoms with van der Waals surface area (Å²) in [5, 5.41) is 11.0. The van der Waals surface area contributed by atoms with Gasteiger partial charge in [-0.05, 0) is 41.7 Å². The molecular formula is C15H17NO3. The van der Waals surface area contributed by atoms with E-state index in [1.807, 2.05) is 26.0 Å². The standard InChI is InChI=1S/C15H17NO3/c1-11-8-14(13-4-6-16(17)7-5-13)9-12(2)15(11)10-19-18-3/h4-9H,10H2,1-3H3. The molecule has 0 aliphatic heterocycles. The van der Waals surface area contributed by atoms with Gasteiger partial charge in [0.25, 0.3) is 0 Å². The van der Waals surface area contributed by atoms with Crippen LogP contribution >= 0.6 is 0 Å². The van der Waals surface area contributed by atoms with E-state index < -0.39 is 0 Å². The fourth-order valence-electron chi connectivity index (χ4n) is 2.11. The van der Waals surface area contributed by atoms with E-state index in [1.54, 1.807) is 0 Å². The van der Waals surface area contributed by atoms with Crippen LogP contribution in [0.1, 0.15) is 16.7 Å². The lowest BCUT2D eigenvalue weighted by Crippen LogP contribution is -2.23. The molecule has 100 valence electrons. The SMILES string of the molecule is COOCc1c(C)cc(-c2cc[n+]([O-])cc2)cc1C. The van der Waals surface area contributed by atoms with Crippen molar-refractivity contribution in [2.24, 2.45) is 0 Å². The number of rotatable bonds is 4. The summed E-state index contributed by atoms with van der Waals surface area (Å²) in [6.07, 6.45) is 3.00. The molecular weight excluding hydrogens is 242 g/mol. The van der Waals surface area contributed by atoms with Crippen LogP contribution in [0.3, 0.4) is 0 Å². The first-order valence-electron chi connectivity index (χ1n) is 6.06. The molecule has 0 aliphatic rings. The zero-order valence-electron chi connectivity index (χ0n) is 11.3. The molecule has 0 radical (unpaired) electrons. The van der Waals surface area contributed by atoms with Crippen LogP contribution in [0.2, 0.25) is 0 Å². The number of hydrogen-bond acceptors (Lipinski definition) is 3. The van der Waals surface area contributed by atoms with Crippen LogP contribution < -0.4 is 4.73 Å². The van der Waals surface area contributed by atoms with E-state index in [0.29, 0.717) is 6.61 Å². The van der Waals surface area contributed by atoms with Gasteiger partial charge in [0.1, 0.15) is 6.61 Å². The zero-order chi connectivity index (χ0) is 13.8. The lowest BCUT2D eigenvalue weighted by atomic mass is 9.96. The van der Waals surface area contributed by atoms with E-state index in [9.17, 15) is 5.21 Å². The molecule has 0 aliphatic carbocycles. The molecule has 1 aromatic carbocycles. The molecule has 0 amide bonds. The summed E-state index contributed by atoms with van der Waals surface area (Å²) in [4.78, 5) is 9.64. The largest absolute Gasteiger partial charge is 0.619 e. The van der Waals surface area contributed by atoms with E-state index in [0.717, 1.165) is 32.5 Å². The van der Waals surface area contributed by atoms with Crippen LogP contribution in [0, 0.1) is 19.1 Å². The van der Waals surface area contributed by atoms with Crippen molar-refractivity contribution in [3.8, 4) is 11.1 Å². The lowest BCUT2D eigenvalue weighted by Gasteiger charge is -2.12. The van der Waals surface area contributed by atoms with Gasteiger partial charge < -0.3 is 5.21 Å².